The molecule has 0 radical (unpaired) electrons. The zero-order chi connectivity index (χ0) is 12.4. The molecule has 0 aromatic carbocycles. The quantitative estimate of drug-likeness (QED) is 0.877. The molecule has 0 bridgehead atoms. The Labute approximate surface area is 101 Å². The molecule has 0 saturated carbocycles. The number of nitrogens with zero attached hydrogens (tertiary/aromatic N) is 3. The number of rotatable bonds is 4. The van der Waals surface area contributed by atoms with Gasteiger partial charge in [0, 0.05) is 18.3 Å². The molecule has 2 N–H and O–H groups in total. The zero-order valence-corrected chi connectivity index (χ0v) is 10.4. The zero-order valence-electron chi connectivity index (χ0n) is 10.4. The van der Waals surface area contributed by atoms with Crippen LogP contribution in [0.1, 0.15) is 37.0 Å². The number of imidazole rings is 1. The average molecular weight is 234 g/mol. The molecular weight excluding hydrogens is 216 g/mol. The van der Waals surface area contributed by atoms with Gasteiger partial charge in [0.25, 0.3) is 0 Å². The first-order valence-corrected chi connectivity index (χ1v) is 5.75. The summed E-state index contributed by atoms with van der Waals surface area (Å²) < 4.78 is 7.20. The smallest absolute Gasteiger partial charge is 0.156 e. The van der Waals surface area contributed by atoms with E-state index in [1.807, 2.05) is 23.8 Å². The first-order valence-electron chi connectivity index (χ1n) is 5.75. The van der Waals surface area contributed by atoms with E-state index in [2.05, 4.69) is 24.0 Å². The molecule has 5 nitrogen and oxygen atoms in total. The van der Waals surface area contributed by atoms with Crippen LogP contribution in [0.25, 0.3) is 0 Å². The summed E-state index contributed by atoms with van der Waals surface area (Å²) in [5.74, 6) is 1.19. The molecule has 0 aliphatic heterocycles. The SMILES string of the molecule is Cc1cc(Cn2cncc2C(N)C(C)C)on1. The lowest BCUT2D eigenvalue weighted by Crippen LogP contribution is -2.20. The number of nitrogens with two attached hydrogens (primary N) is 1. The molecule has 0 aliphatic rings. The Kier molecular flexibility index (Phi) is 3.28. The van der Waals surface area contributed by atoms with Crippen molar-refractivity contribution in [3.8, 4) is 0 Å². The monoisotopic (exact) mass is 234 g/mol. The fraction of sp³-hybridized carbons (Fsp3) is 0.500. The van der Waals surface area contributed by atoms with Crippen LogP contribution in [-0.4, -0.2) is 14.7 Å². The fourth-order valence-corrected chi connectivity index (χ4v) is 1.74. The Morgan fingerprint density at radius 3 is 2.82 bits per heavy atom. The van der Waals surface area contributed by atoms with E-state index in [-0.39, 0.29) is 6.04 Å². The summed E-state index contributed by atoms with van der Waals surface area (Å²) in [6.07, 6.45) is 3.59. The Bertz CT molecular complexity index is 486. The van der Waals surface area contributed by atoms with E-state index in [1.165, 1.54) is 0 Å². The highest BCUT2D eigenvalue weighted by Gasteiger charge is 2.16. The van der Waals surface area contributed by atoms with Crippen LogP contribution < -0.4 is 5.73 Å². The van der Waals surface area contributed by atoms with Crippen molar-refractivity contribution >= 4 is 0 Å². The van der Waals surface area contributed by atoms with E-state index in [9.17, 15) is 0 Å². The number of hydrogen-bond donors (Lipinski definition) is 1. The lowest BCUT2D eigenvalue weighted by Gasteiger charge is -2.17. The van der Waals surface area contributed by atoms with Gasteiger partial charge in [0.1, 0.15) is 0 Å². The third-order valence-electron chi connectivity index (χ3n) is 2.81. The Morgan fingerprint density at radius 1 is 1.47 bits per heavy atom. The maximum atomic E-state index is 6.13. The van der Waals surface area contributed by atoms with Crippen molar-refractivity contribution in [2.75, 3.05) is 0 Å². The van der Waals surface area contributed by atoms with E-state index < -0.39 is 0 Å². The standard InChI is InChI=1S/C12H18N4O/c1-8(2)12(13)11-5-14-7-16(11)6-10-4-9(3)15-17-10/h4-5,7-8,12H,6,13H2,1-3H3. The Balaban J connectivity index is 2.19. The molecule has 0 aliphatic carbocycles. The normalized spacial score (nSPS) is 13.2. The van der Waals surface area contributed by atoms with Crippen LogP contribution in [0.2, 0.25) is 0 Å². The molecule has 0 saturated heterocycles. The lowest BCUT2D eigenvalue weighted by molar-refractivity contribution is 0.368. The van der Waals surface area contributed by atoms with Gasteiger partial charge in [-0.2, -0.15) is 0 Å². The van der Waals surface area contributed by atoms with E-state index in [0.29, 0.717) is 12.5 Å². The van der Waals surface area contributed by atoms with Gasteiger partial charge in [0.2, 0.25) is 0 Å². The predicted molar refractivity (Wildman–Crippen MR) is 64.3 cm³/mol. The highest BCUT2D eigenvalue weighted by molar-refractivity contribution is 5.10. The number of aromatic nitrogens is 3. The lowest BCUT2D eigenvalue weighted by atomic mass is 10.0. The molecular formula is C12H18N4O. The third-order valence-corrected chi connectivity index (χ3v) is 2.81. The van der Waals surface area contributed by atoms with Crippen molar-refractivity contribution in [3.63, 3.8) is 0 Å². The molecule has 2 aromatic heterocycles. The topological polar surface area (TPSA) is 69.9 Å². The molecule has 1 atom stereocenters. The Hall–Kier alpha value is -1.62. The minimum Gasteiger partial charge on any atom is -0.359 e. The van der Waals surface area contributed by atoms with Crippen LogP contribution in [-0.2, 0) is 6.54 Å². The fourth-order valence-electron chi connectivity index (χ4n) is 1.74. The first-order chi connectivity index (χ1) is 8.08. The highest BCUT2D eigenvalue weighted by atomic mass is 16.5. The molecule has 92 valence electrons. The summed E-state index contributed by atoms with van der Waals surface area (Å²) in [5, 5.41) is 3.87. The van der Waals surface area contributed by atoms with Crippen molar-refractivity contribution in [1.29, 1.82) is 0 Å². The Morgan fingerprint density at radius 2 is 2.24 bits per heavy atom. The molecule has 1 unspecified atom stereocenters. The van der Waals surface area contributed by atoms with Crippen LogP contribution >= 0.6 is 0 Å². The number of aryl methyl sites for hydroxylation is 1. The van der Waals surface area contributed by atoms with Crippen molar-refractivity contribution in [3.05, 3.63) is 35.7 Å². The summed E-state index contributed by atoms with van der Waals surface area (Å²) in [5.41, 5.74) is 8.04. The average Bonchev–Trinajstić information content (AvgIpc) is 2.87. The van der Waals surface area contributed by atoms with Gasteiger partial charge in [0.15, 0.2) is 5.76 Å². The van der Waals surface area contributed by atoms with Crippen LogP contribution in [0.4, 0.5) is 0 Å². The summed E-state index contributed by atoms with van der Waals surface area (Å²) in [6.45, 7) is 6.72. The van der Waals surface area contributed by atoms with Gasteiger partial charge in [0.05, 0.1) is 24.3 Å². The second-order valence-corrected chi connectivity index (χ2v) is 4.65. The molecule has 5 heteroatoms. The molecule has 0 fully saturated rings. The van der Waals surface area contributed by atoms with Crippen molar-refractivity contribution in [2.45, 2.75) is 33.4 Å². The number of hydrogen-bond acceptors (Lipinski definition) is 4. The van der Waals surface area contributed by atoms with E-state index >= 15 is 0 Å². The van der Waals surface area contributed by atoms with Crippen LogP contribution in [0, 0.1) is 12.8 Å². The minimum atomic E-state index is -0.0125. The van der Waals surface area contributed by atoms with Gasteiger partial charge in [-0.25, -0.2) is 4.98 Å². The second-order valence-electron chi connectivity index (χ2n) is 4.65. The predicted octanol–water partition coefficient (Wildman–Crippen LogP) is 1.88. The molecule has 2 heterocycles. The van der Waals surface area contributed by atoms with Gasteiger partial charge in [-0.15, -0.1) is 0 Å². The molecule has 2 aromatic rings. The first kappa shape index (κ1) is 11.9. The van der Waals surface area contributed by atoms with Gasteiger partial charge in [-0.1, -0.05) is 19.0 Å². The van der Waals surface area contributed by atoms with Gasteiger partial charge in [-0.3, -0.25) is 0 Å². The van der Waals surface area contributed by atoms with E-state index in [4.69, 9.17) is 10.3 Å². The molecule has 0 amide bonds. The van der Waals surface area contributed by atoms with E-state index in [0.717, 1.165) is 17.1 Å². The summed E-state index contributed by atoms with van der Waals surface area (Å²) in [4.78, 5) is 4.15. The van der Waals surface area contributed by atoms with Gasteiger partial charge < -0.3 is 14.8 Å². The molecule has 17 heavy (non-hydrogen) atoms. The minimum absolute atomic E-state index is 0.0125. The maximum Gasteiger partial charge on any atom is 0.156 e. The molecule has 2 rings (SSSR count). The summed E-state index contributed by atoms with van der Waals surface area (Å²) in [7, 11) is 0. The van der Waals surface area contributed by atoms with Crippen LogP contribution in [0.15, 0.2) is 23.1 Å². The van der Waals surface area contributed by atoms with Gasteiger partial charge >= 0.3 is 0 Å². The van der Waals surface area contributed by atoms with Gasteiger partial charge in [-0.05, 0) is 12.8 Å². The maximum absolute atomic E-state index is 6.13. The second kappa shape index (κ2) is 4.71. The molecule has 0 spiro atoms. The highest BCUT2D eigenvalue weighted by Crippen LogP contribution is 2.19. The summed E-state index contributed by atoms with van der Waals surface area (Å²) in [6, 6.07) is 1.91. The summed E-state index contributed by atoms with van der Waals surface area (Å²) >= 11 is 0. The largest absolute Gasteiger partial charge is 0.359 e. The van der Waals surface area contributed by atoms with Crippen molar-refractivity contribution in [1.82, 2.24) is 14.7 Å². The van der Waals surface area contributed by atoms with E-state index in [1.54, 1.807) is 6.33 Å². The van der Waals surface area contributed by atoms with Crippen LogP contribution in [0.3, 0.4) is 0 Å². The third kappa shape index (κ3) is 2.55. The van der Waals surface area contributed by atoms with Crippen molar-refractivity contribution < 1.29 is 4.52 Å². The van der Waals surface area contributed by atoms with Crippen LogP contribution in [0.5, 0.6) is 0 Å². The van der Waals surface area contributed by atoms with Crippen molar-refractivity contribution in [2.24, 2.45) is 11.7 Å².